The van der Waals surface area contributed by atoms with Crippen molar-refractivity contribution in [3.63, 3.8) is 0 Å². The van der Waals surface area contributed by atoms with Crippen molar-refractivity contribution < 1.29 is 4.39 Å². The third kappa shape index (κ3) is 2.31. The molecular formula is C18H16FN5O. The highest BCUT2D eigenvalue weighted by atomic mass is 19.1. The smallest absolute Gasteiger partial charge is 0.280 e. The van der Waals surface area contributed by atoms with Gasteiger partial charge in [0, 0.05) is 12.7 Å². The second-order valence-corrected chi connectivity index (χ2v) is 5.76. The van der Waals surface area contributed by atoms with Gasteiger partial charge in [0.05, 0.1) is 11.3 Å². The fraction of sp³-hybridized carbons (Fsp3) is 0.222. The van der Waals surface area contributed by atoms with E-state index in [1.165, 1.54) is 12.1 Å². The summed E-state index contributed by atoms with van der Waals surface area (Å²) in [5.41, 5.74) is 3.74. The lowest BCUT2D eigenvalue weighted by Gasteiger charge is -2.04. The van der Waals surface area contributed by atoms with E-state index in [1.54, 1.807) is 27.4 Å². The van der Waals surface area contributed by atoms with Crippen LogP contribution in [0.15, 0.2) is 41.3 Å². The van der Waals surface area contributed by atoms with Gasteiger partial charge in [-0.25, -0.2) is 8.91 Å². The minimum absolute atomic E-state index is 0.189. The Labute approximate surface area is 142 Å². The van der Waals surface area contributed by atoms with E-state index >= 15 is 0 Å². The van der Waals surface area contributed by atoms with Crippen LogP contribution in [0, 0.1) is 5.82 Å². The number of aryl methyl sites for hydroxylation is 2. The SMILES string of the molecule is CCc1nn2c(nnc3c(=O)n(CC)ccc32)c1-c1ccc(F)cc1. The molecule has 3 heterocycles. The molecular weight excluding hydrogens is 321 g/mol. The van der Waals surface area contributed by atoms with Crippen molar-refractivity contribution >= 4 is 16.7 Å². The van der Waals surface area contributed by atoms with E-state index in [-0.39, 0.29) is 16.9 Å². The largest absolute Gasteiger partial charge is 0.314 e. The van der Waals surface area contributed by atoms with Gasteiger partial charge in [0.25, 0.3) is 5.56 Å². The average Bonchev–Trinajstić information content (AvgIpc) is 3.02. The number of hydrogen-bond donors (Lipinski definition) is 0. The molecule has 0 amide bonds. The first-order valence-electron chi connectivity index (χ1n) is 8.17. The normalized spacial score (nSPS) is 11.5. The molecule has 0 aliphatic rings. The zero-order chi connectivity index (χ0) is 17.6. The molecule has 25 heavy (non-hydrogen) atoms. The van der Waals surface area contributed by atoms with E-state index in [1.807, 2.05) is 19.9 Å². The number of halogens is 1. The maximum atomic E-state index is 13.3. The lowest BCUT2D eigenvalue weighted by molar-refractivity contribution is 0.628. The minimum atomic E-state index is -0.296. The molecule has 0 saturated heterocycles. The third-order valence-corrected chi connectivity index (χ3v) is 4.33. The van der Waals surface area contributed by atoms with Crippen molar-refractivity contribution in [2.45, 2.75) is 26.8 Å². The van der Waals surface area contributed by atoms with Crippen LogP contribution in [0.4, 0.5) is 4.39 Å². The Kier molecular flexibility index (Phi) is 3.56. The Morgan fingerprint density at radius 3 is 2.52 bits per heavy atom. The Bertz CT molecular complexity index is 1140. The highest BCUT2D eigenvalue weighted by Crippen LogP contribution is 2.29. The molecule has 6 nitrogen and oxygen atoms in total. The second kappa shape index (κ2) is 5.77. The van der Waals surface area contributed by atoms with E-state index in [0.717, 1.165) is 16.8 Å². The number of nitrogens with zero attached hydrogens (tertiary/aromatic N) is 5. The molecule has 0 spiro atoms. The van der Waals surface area contributed by atoms with Crippen LogP contribution in [-0.2, 0) is 13.0 Å². The van der Waals surface area contributed by atoms with Gasteiger partial charge in [-0.15, -0.1) is 10.2 Å². The Morgan fingerprint density at radius 1 is 1.08 bits per heavy atom. The van der Waals surface area contributed by atoms with Crippen LogP contribution in [0.3, 0.4) is 0 Å². The van der Waals surface area contributed by atoms with E-state index < -0.39 is 0 Å². The zero-order valence-corrected chi connectivity index (χ0v) is 13.9. The van der Waals surface area contributed by atoms with Crippen molar-refractivity contribution in [3.8, 4) is 11.1 Å². The number of fused-ring (bicyclic) bond motifs is 3. The van der Waals surface area contributed by atoms with Gasteiger partial charge in [-0.1, -0.05) is 19.1 Å². The predicted molar refractivity (Wildman–Crippen MR) is 93.0 cm³/mol. The van der Waals surface area contributed by atoms with Crippen molar-refractivity contribution in [3.05, 3.63) is 58.4 Å². The van der Waals surface area contributed by atoms with Crippen molar-refractivity contribution in [2.75, 3.05) is 0 Å². The molecule has 0 aliphatic carbocycles. The molecule has 1 aromatic carbocycles. The summed E-state index contributed by atoms with van der Waals surface area (Å²) in [6, 6.07) is 8.04. The molecule has 4 rings (SSSR count). The molecule has 0 aliphatic heterocycles. The molecule has 7 heteroatoms. The highest BCUT2D eigenvalue weighted by molar-refractivity contribution is 5.84. The molecule has 0 saturated carbocycles. The molecule has 0 N–H and O–H groups in total. The van der Waals surface area contributed by atoms with Crippen LogP contribution in [0.2, 0.25) is 0 Å². The van der Waals surface area contributed by atoms with Crippen LogP contribution in [0.5, 0.6) is 0 Å². The summed E-state index contributed by atoms with van der Waals surface area (Å²) in [7, 11) is 0. The van der Waals surface area contributed by atoms with E-state index in [0.29, 0.717) is 24.1 Å². The molecule has 0 radical (unpaired) electrons. The first kappa shape index (κ1) is 15.4. The van der Waals surface area contributed by atoms with Gasteiger partial charge in [0.2, 0.25) is 0 Å². The topological polar surface area (TPSA) is 65.1 Å². The van der Waals surface area contributed by atoms with E-state index in [2.05, 4.69) is 15.3 Å². The maximum absolute atomic E-state index is 13.3. The highest BCUT2D eigenvalue weighted by Gasteiger charge is 2.18. The third-order valence-electron chi connectivity index (χ3n) is 4.33. The summed E-state index contributed by atoms with van der Waals surface area (Å²) in [5.74, 6) is -0.296. The summed E-state index contributed by atoms with van der Waals surface area (Å²) < 4.78 is 16.5. The van der Waals surface area contributed by atoms with Crippen molar-refractivity contribution in [1.82, 2.24) is 24.4 Å². The van der Waals surface area contributed by atoms with Crippen molar-refractivity contribution in [2.24, 2.45) is 0 Å². The van der Waals surface area contributed by atoms with E-state index in [4.69, 9.17) is 0 Å². The van der Waals surface area contributed by atoms with E-state index in [9.17, 15) is 9.18 Å². The molecule has 126 valence electrons. The molecule has 4 aromatic rings. The number of benzene rings is 1. The van der Waals surface area contributed by atoms with Gasteiger partial charge >= 0.3 is 0 Å². The summed E-state index contributed by atoms with van der Waals surface area (Å²) >= 11 is 0. The Morgan fingerprint density at radius 2 is 1.84 bits per heavy atom. The van der Waals surface area contributed by atoms with Gasteiger partial charge in [0.1, 0.15) is 11.3 Å². The molecule has 0 atom stereocenters. The van der Waals surface area contributed by atoms with Crippen LogP contribution < -0.4 is 5.56 Å². The number of aromatic nitrogens is 5. The molecule has 0 bridgehead atoms. The standard InChI is InChI=1S/C18H16FN5O/c1-3-13-15(11-5-7-12(19)8-6-11)17-21-20-16-14(24(17)22-13)9-10-23(4-2)18(16)25/h5-10H,3-4H2,1-2H3. The summed E-state index contributed by atoms with van der Waals surface area (Å²) in [6.07, 6.45) is 2.42. The molecule has 0 unspecified atom stereocenters. The lowest BCUT2D eigenvalue weighted by Crippen LogP contribution is -2.20. The minimum Gasteiger partial charge on any atom is -0.314 e. The number of hydrogen-bond acceptors (Lipinski definition) is 4. The van der Waals surface area contributed by atoms with Crippen molar-refractivity contribution in [1.29, 1.82) is 0 Å². The summed E-state index contributed by atoms with van der Waals surface area (Å²) in [5, 5.41) is 13.0. The average molecular weight is 337 g/mol. The monoisotopic (exact) mass is 337 g/mol. The number of rotatable bonds is 3. The first-order chi connectivity index (χ1) is 12.1. The van der Waals surface area contributed by atoms with Gasteiger partial charge in [0.15, 0.2) is 11.2 Å². The lowest BCUT2D eigenvalue weighted by atomic mass is 10.0. The Hall–Kier alpha value is -3.09. The predicted octanol–water partition coefficient (Wildman–Crippen LogP) is 2.83. The van der Waals surface area contributed by atoms with Crippen LogP contribution in [0.25, 0.3) is 27.8 Å². The maximum Gasteiger partial charge on any atom is 0.280 e. The summed E-state index contributed by atoms with van der Waals surface area (Å²) in [4.78, 5) is 12.4. The summed E-state index contributed by atoms with van der Waals surface area (Å²) in [6.45, 7) is 4.46. The first-order valence-corrected chi connectivity index (χ1v) is 8.17. The fourth-order valence-electron chi connectivity index (χ4n) is 3.04. The second-order valence-electron chi connectivity index (χ2n) is 5.76. The van der Waals surface area contributed by atoms with Gasteiger partial charge in [-0.2, -0.15) is 5.10 Å². The Balaban J connectivity index is 2.08. The number of pyridine rings is 1. The van der Waals surface area contributed by atoms with Crippen LogP contribution in [0.1, 0.15) is 19.5 Å². The quantitative estimate of drug-likeness (QED) is 0.577. The van der Waals surface area contributed by atoms with Crippen LogP contribution >= 0.6 is 0 Å². The van der Waals surface area contributed by atoms with Crippen LogP contribution in [-0.4, -0.2) is 24.4 Å². The van der Waals surface area contributed by atoms with Gasteiger partial charge < -0.3 is 4.57 Å². The molecule has 3 aromatic heterocycles. The zero-order valence-electron chi connectivity index (χ0n) is 13.9. The van der Waals surface area contributed by atoms with Gasteiger partial charge in [-0.05, 0) is 37.1 Å². The van der Waals surface area contributed by atoms with Gasteiger partial charge in [-0.3, -0.25) is 4.79 Å². The fourth-order valence-corrected chi connectivity index (χ4v) is 3.04. The molecule has 0 fully saturated rings.